The Hall–Kier alpha value is -1.59. The van der Waals surface area contributed by atoms with Crippen LogP contribution in [0.5, 0.6) is 0 Å². The Morgan fingerprint density at radius 2 is 2.05 bits per heavy atom. The first-order valence-electron chi connectivity index (χ1n) is 6.89. The molecular weight excluding hydrogens is 244 g/mol. The van der Waals surface area contributed by atoms with Gasteiger partial charge in [-0.15, -0.1) is 0 Å². The molecule has 1 N–H and O–H groups in total. The van der Waals surface area contributed by atoms with Crippen molar-refractivity contribution >= 4 is 11.5 Å². The van der Waals surface area contributed by atoms with Crippen LogP contribution in [-0.2, 0) is 7.05 Å². The molecule has 6 nitrogen and oxygen atoms in total. The van der Waals surface area contributed by atoms with Gasteiger partial charge in [0, 0.05) is 19.0 Å². The van der Waals surface area contributed by atoms with Crippen LogP contribution >= 0.6 is 0 Å². The maximum absolute atomic E-state index is 11.3. The molecular formula is C13H22N4O2. The molecule has 2 rings (SSSR count). The van der Waals surface area contributed by atoms with E-state index in [9.17, 15) is 10.1 Å². The fourth-order valence-corrected chi connectivity index (χ4v) is 2.54. The minimum absolute atomic E-state index is 0.0427. The Bertz CT molecular complexity index is 477. The summed E-state index contributed by atoms with van der Waals surface area (Å²) in [5.74, 6) is 1.20. The average Bonchev–Trinajstić information content (AvgIpc) is 2.53. The Morgan fingerprint density at radius 3 is 2.47 bits per heavy atom. The van der Waals surface area contributed by atoms with Crippen LogP contribution in [0.2, 0.25) is 0 Å². The largest absolute Gasteiger partial charge is 0.362 e. The van der Waals surface area contributed by atoms with E-state index >= 15 is 0 Å². The van der Waals surface area contributed by atoms with Gasteiger partial charge in [-0.1, -0.05) is 20.3 Å². The van der Waals surface area contributed by atoms with Crippen LogP contribution in [0.15, 0.2) is 0 Å². The van der Waals surface area contributed by atoms with Crippen molar-refractivity contribution in [1.82, 2.24) is 9.78 Å². The highest BCUT2D eigenvalue weighted by molar-refractivity contribution is 5.61. The molecule has 1 aliphatic carbocycles. The monoisotopic (exact) mass is 266 g/mol. The lowest BCUT2D eigenvalue weighted by atomic mass is 9.80. The van der Waals surface area contributed by atoms with E-state index in [1.165, 1.54) is 19.3 Å². The van der Waals surface area contributed by atoms with Crippen LogP contribution in [0.1, 0.15) is 51.6 Å². The lowest BCUT2D eigenvalue weighted by Gasteiger charge is -2.32. The lowest BCUT2D eigenvalue weighted by molar-refractivity contribution is -0.384. The second-order valence-electron chi connectivity index (χ2n) is 5.74. The number of nitrogens with zero attached hydrogens (tertiary/aromatic N) is 3. The Kier molecular flexibility index (Phi) is 3.78. The highest BCUT2D eigenvalue weighted by Crippen LogP contribution is 2.36. The predicted molar refractivity (Wildman–Crippen MR) is 74.4 cm³/mol. The van der Waals surface area contributed by atoms with Crippen molar-refractivity contribution in [2.24, 2.45) is 13.0 Å². The number of hydrogen-bond acceptors (Lipinski definition) is 4. The van der Waals surface area contributed by atoms with Gasteiger partial charge in [-0.25, -0.2) is 4.68 Å². The van der Waals surface area contributed by atoms with Crippen LogP contribution in [0, 0.1) is 16.0 Å². The molecule has 0 aliphatic heterocycles. The molecule has 0 spiro atoms. The third kappa shape index (κ3) is 2.57. The molecule has 6 heteroatoms. The number of hydrogen-bond donors (Lipinski definition) is 1. The fourth-order valence-electron chi connectivity index (χ4n) is 2.54. The maximum Gasteiger partial charge on any atom is 0.334 e. The van der Waals surface area contributed by atoms with Gasteiger partial charge in [0.1, 0.15) is 5.69 Å². The Morgan fingerprint density at radius 1 is 1.42 bits per heavy atom. The summed E-state index contributed by atoms with van der Waals surface area (Å²) in [6.07, 6.45) is 3.68. The zero-order valence-corrected chi connectivity index (χ0v) is 12.0. The Balaban J connectivity index is 2.30. The van der Waals surface area contributed by atoms with Crippen LogP contribution in [0.25, 0.3) is 0 Å². The summed E-state index contributed by atoms with van der Waals surface area (Å²) in [5.41, 5.74) is 0.680. The van der Waals surface area contributed by atoms with E-state index in [-0.39, 0.29) is 22.6 Å². The summed E-state index contributed by atoms with van der Waals surface area (Å²) in [4.78, 5) is 11.0. The van der Waals surface area contributed by atoms with E-state index in [1.807, 2.05) is 13.8 Å². The molecule has 0 amide bonds. The molecule has 1 atom stereocenters. The third-order valence-corrected chi connectivity index (χ3v) is 4.00. The molecule has 1 aliphatic rings. The molecule has 1 heterocycles. The number of aryl methyl sites for hydroxylation is 1. The van der Waals surface area contributed by atoms with Gasteiger partial charge in [0.2, 0.25) is 5.82 Å². The van der Waals surface area contributed by atoms with E-state index in [4.69, 9.17) is 0 Å². The second kappa shape index (κ2) is 5.19. The molecule has 19 heavy (non-hydrogen) atoms. The van der Waals surface area contributed by atoms with Gasteiger partial charge in [-0.2, -0.15) is 5.10 Å². The van der Waals surface area contributed by atoms with E-state index in [2.05, 4.69) is 17.3 Å². The van der Waals surface area contributed by atoms with Gasteiger partial charge >= 0.3 is 5.69 Å². The highest BCUT2D eigenvalue weighted by Gasteiger charge is 2.31. The molecule has 1 saturated carbocycles. The number of aromatic nitrogens is 2. The van der Waals surface area contributed by atoms with Crippen LogP contribution < -0.4 is 5.32 Å². The zero-order chi connectivity index (χ0) is 14.2. The molecule has 0 radical (unpaired) electrons. The summed E-state index contributed by atoms with van der Waals surface area (Å²) in [5, 5.41) is 18.9. The fraction of sp³-hybridized carbons (Fsp3) is 0.769. The van der Waals surface area contributed by atoms with E-state index < -0.39 is 0 Å². The predicted octanol–water partition coefficient (Wildman–Crippen LogP) is 3.05. The maximum atomic E-state index is 11.3. The lowest BCUT2D eigenvalue weighted by Crippen LogP contribution is -2.31. The van der Waals surface area contributed by atoms with Gasteiger partial charge in [0.15, 0.2) is 0 Å². The summed E-state index contributed by atoms with van der Waals surface area (Å²) in [7, 11) is 1.76. The van der Waals surface area contributed by atoms with Crippen molar-refractivity contribution < 1.29 is 4.92 Å². The average molecular weight is 266 g/mol. The minimum atomic E-state index is -0.321. The summed E-state index contributed by atoms with van der Waals surface area (Å²) in [6.45, 7) is 5.94. The number of nitro groups is 1. The molecule has 1 fully saturated rings. The van der Waals surface area contributed by atoms with Gasteiger partial charge in [0.25, 0.3) is 0 Å². The minimum Gasteiger partial charge on any atom is -0.362 e. The Labute approximate surface area is 113 Å². The van der Waals surface area contributed by atoms with E-state index in [1.54, 1.807) is 11.7 Å². The van der Waals surface area contributed by atoms with Crippen LogP contribution in [0.3, 0.4) is 0 Å². The number of anilines is 1. The molecule has 1 unspecified atom stereocenters. The van der Waals surface area contributed by atoms with E-state index in [0.717, 1.165) is 0 Å². The summed E-state index contributed by atoms with van der Waals surface area (Å²) < 4.78 is 1.60. The molecule has 1 aromatic heterocycles. The van der Waals surface area contributed by atoms with Crippen LogP contribution in [-0.4, -0.2) is 20.7 Å². The standard InChI is InChI=1S/C13H22N4O2/c1-8(2)11-12(17(18)19)13(16(4)15-11)14-9(3)10-6-5-7-10/h8-10,14H,5-7H2,1-4H3. The normalized spacial score (nSPS) is 17.3. The first kappa shape index (κ1) is 13.8. The summed E-state index contributed by atoms with van der Waals surface area (Å²) in [6, 6.07) is 0.253. The molecule has 0 saturated heterocycles. The van der Waals surface area contributed by atoms with Gasteiger partial charge in [0.05, 0.1) is 4.92 Å². The molecule has 0 aromatic carbocycles. The van der Waals surface area contributed by atoms with Gasteiger partial charge < -0.3 is 5.32 Å². The first-order chi connectivity index (χ1) is 8.91. The van der Waals surface area contributed by atoms with Crippen molar-refractivity contribution in [2.45, 2.75) is 52.0 Å². The van der Waals surface area contributed by atoms with Crippen molar-refractivity contribution in [3.8, 4) is 0 Å². The van der Waals surface area contributed by atoms with E-state index in [0.29, 0.717) is 17.4 Å². The smallest absolute Gasteiger partial charge is 0.334 e. The summed E-state index contributed by atoms with van der Waals surface area (Å²) >= 11 is 0. The van der Waals surface area contributed by atoms with Crippen molar-refractivity contribution in [3.63, 3.8) is 0 Å². The highest BCUT2D eigenvalue weighted by atomic mass is 16.6. The first-order valence-corrected chi connectivity index (χ1v) is 6.89. The van der Waals surface area contributed by atoms with Gasteiger partial charge in [-0.3, -0.25) is 10.1 Å². The number of nitrogens with one attached hydrogen (secondary N) is 1. The van der Waals surface area contributed by atoms with Crippen molar-refractivity contribution in [1.29, 1.82) is 0 Å². The molecule has 1 aromatic rings. The van der Waals surface area contributed by atoms with Gasteiger partial charge in [-0.05, 0) is 25.7 Å². The third-order valence-electron chi connectivity index (χ3n) is 4.00. The van der Waals surface area contributed by atoms with Crippen molar-refractivity contribution in [2.75, 3.05) is 5.32 Å². The molecule has 0 bridgehead atoms. The molecule has 106 valence electrons. The zero-order valence-electron chi connectivity index (χ0n) is 12.0. The quantitative estimate of drug-likeness (QED) is 0.656. The van der Waals surface area contributed by atoms with Crippen LogP contribution in [0.4, 0.5) is 11.5 Å². The number of rotatable bonds is 5. The topological polar surface area (TPSA) is 73.0 Å². The SMILES string of the molecule is CC(C)c1nn(C)c(NC(C)C2CCC2)c1[N+](=O)[O-]. The van der Waals surface area contributed by atoms with Crippen molar-refractivity contribution in [3.05, 3.63) is 15.8 Å². The second-order valence-corrected chi connectivity index (χ2v) is 5.74.